The van der Waals surface area contributed by atoms with Crippen LogP contribution in [0.15, 0.2) is 30.3 Å². The maximum Gasteiger partial charge on any atom is 0.255 e. The molecule has 1 aliphatic carbocycles. The van der Waals surface area contributed by atoms with Crippen LogP contribution in [0.2, 0.25) is 0 Å². The summed E-state index contributed by atoms with van der Waals surface area (Å²) in [5.41, 5.74) is 1.31. The Balaban J connectivity index is 1.57. The Labute approximate surface area is 200 Å². The van der Waals surface area contributed by atoms with E-state index >= 15 is 0 Å². The lowest BCUT2D eigenvalue weighted by molar-refractivity contribution is -0.117. The molecule has 2 heterocycles. The standard InChI is InChI=1S/C24H27N3O8/c1-27(2)8-10-5-3-4-6-11(10)23(32)25-16-14-12-7-13-22(35-9-34-13)18(28)15(12)24(33)26-17(14)20(30)21(31)19(16)29/h3-7,14,16-17,19-21,28-31H,8-9H2,1-2H3,(H,25,32)(H,26,33)/t14-,16+,17+,19-,20-,21+/m0/s1. The number of rotatable bonds is 4. The zero-order chi connectivity index (χ0) is 25.0. The summed E-state index contributed by atoms with van der Waals surface area (Å²) < 4.78 is 10.7. The molecule has 0 radical (unpaired) electrons. The maximum absolute atomic E-state index is 13.4. The predicted molar refractivity (Wildman–Crippen MR) is 121 cm³/mol. The molecule has 2 amide bonds. The molecular weight excluding hydrogens is 458 g/mol. The average Bonchev–Trinajstić information content (AvgIpc) is 3.29. The summed E-state index contributed by atoms with van der Waals surface area (Å²) in [4.78, 5) is 28.2. The van der Waals surface area contributed by atoms with Crippen molar-refractivity contribution in [3.8, 4) is 17.2 Å². The molecule has 35 heavy (non-hydrogen) atoms. The summed E-state index contributed by atoms with van der Waals surface area (Å²) in [5.74, 6) is -2.26. The van der Waals surface area contributed by atoms with Crippen molar-refractivity contribution in [3.05, 3.63) is 52.6 Å². The summed E-state index contributed by atoms with van der Waals surface area (Å²) in [6.07, 6.45) is -4.72. The van der Waals surface area contributed by atoms with Crippen molar-refractivity contribution in [2.45, 2.75) is 42.9 Å². The van der Waals surface area contributed by atoms with E-state index in [-0.39, 0.29) is 29.4 Å². The molecule has 1 saturated carbocycles. The molecular formula is C24H27N3O8. The van der Waals surface area contributed by atoms with E-state index in [1.807, 2.05) is 31.1 Å². The van der Waals surface area contributed by atoms with Gasteiger partial charge in [-0.05, 0) is 37.4 Å². The fraction of sp³-hybridized carbons (Fsp3) is 0.417. The van der Waals surface area contributed by atoms with Crippen molar-refractivity contribution in [3.63, 3.8) is 0 Å². The molecule has 11 heteroatoms. The van der Waals surface area contributed by atoms with Gasteiger partial charge in [0.25, 0.3) is 11.8 Å². The molecule has 2 aromatic carbocycles. The summed E-state index contributed by atoms with van der Waals surface area (Å²) in [6, 6.07) is 6.37. The van der Waals surface area contributed by atoms with E-state index in [4.69, 9.17) is 9.47 Å². The van der Waals surface area contributed by atoms with Crippen molar-refractivity contribution in [2.75, 3.05) is 20.9 Å². The number of benzene rings is 2. The second-order valence-electron chi connectivity index (χ2n) is 9.31. The van der Waals surface area contributed by atoms with Gasteiger partial charge in [0.1, 0.15) is 18.3 Å². The Morgan fingerprint density at radius 1 is 1.14 bits per heavy atom. The third-order valence-corrected chi connectivity index (χ3v) is 6.81. The van der Waals surface area contributed by atoms with Crippen LogP contribution < -0.4 is 20.1 Å². The van der Waals surface area contributed by atoms with E-state index in [0.29, 0.717) is 12.1 Å². The minimum absolute atomic E-state index is 0.0208. The lowest BCUT2D eigenvalue weighted by Crippen LogP contribution is -2.69. The number of hydrogen-bond acceptors (Lipinski definition) is 9. The first kappa shape index (κ1) is 23.4. The second kappa shape index (κ2) is 8.68. The van der Waals surface area contributed by atoms with Gasteiger partial charge >= 0.3 is 0 Å². The van der Waals surface area contributed by atoms with E-state index in [2.05, 4.69) is 10.6 Å². The van der Waals surface area contributed by atoms with Gasteiger partial charge in [-0.2, -0.15) is 0 Å². The molecule has 2 aromatic rings. The SMILES string of the molecule is CN(C)Cc1ccccc1C(=O)N[C@H]1[C@H](O)[C@@H](O)[C@@H](O)[C@@H]2NC(=O)c3c(cc4c(c3O)OCO4)[C@@H]12. The largest absolute Gasteiger partial charge is 0.504 e. The Morgan fingerprint density at radius 3 is 2.63 bits per heavy atom. The molecule has 0 bridgehead atoms. The van der Waals surface area contributed by atoms with E-state index in [1.54, 1.807) is 12.1 Å². The number of amides is 2. The first-order valence-electron chi connectivity index (χ1n) is 11.2. The Kier molecular flexibility index (Phi) is 5.80. The third kappa shape index (κ3) is 3.76. The van der Waals surface area contributed by atoms with E-state index in [1.165, 1.54) is 6.07 Å². The van der Waals surface area contributed by atoms with Crippen molar-refractivity contribution in [2.24, 2.45) is 0 Å². The number of aromatic hydroxyl groups is 1. The number of aliphatic hydroxyl groups excluding tert-OH is 3. The zero-order valence-electron chi connectivity index (χ0n) is 19.1. The normalized spacial score (nSPS) is 28.8. The van der Waals surface area contributed by atoms with Gasteiger partial charge in [0.05, 0.1) is 17.6 Å². The Morgan fingerprint density at radius 2 is 1.89 bits per heavy atom. The van der Waals surface area contributed by atoms with Gasteiger partial charge in [-0.1, -0.05) is 18.2 Å². The number of carbonyl (C=O) groups is 2. The first-order chi connectivity index (χ1) is 16.7. The highest BCUT2D eigenvalue weighted by Gasteiger charge is 2.54. The van der Waals surface area contributed by atoms with Crippen LogP contribution in [0.3, 0.4) is 0 Å². The van der Waals surface area contributed by atoms with E-state index < -0.39 is 53.9 Å². The number of aliphatic hydroxyl groups is 3. The number of phenols is 1. The number of ether oxygens (including phenoxy) is 2. The fourth-order valence-electron chi connectivity index (χ4n) is 5.23. The summed E-state index contributed by atoms with van der Waals surface area (Å²) in [7, 11) is 3.75. The Bertz CT molecular complexity index is 1190. The summed E-state index contributed by atoms with van der Waals surface area (Å²) >= 11 is 0. The number of carbonyl (C=O) groups excluding carboxylic acids is 2. The van der Waals surface area contributed by atoms with Crippen molar-refractivity contribution >= 4 is 11.8 Å². The predicted octanol–water partition coefficient (Wildman–Crippen LogP) is -0.727. The fourth-order valence-corrected chi connectivity index (χ4v) is 5.23. The van der Waals surface area contributed by atoms with Gasteiger partial charge in [-0.3, -0.25) is 9.59 Å². The number of fused-ring (bicyclic) bond motifs is 4. The minimum Gasteiger partial charge on any atom is -0.504 e. The monoisotopic (exact) mass is 485 g/mol. The lowest BCUT2D eigenvalue weighted by Gasteiger charge is -2.49. The molecule has 11 nitrogen and oxygen atoms in total. The smallest absolute Gasteiger partial charge is 0.255 e. The molecule has 6 N–H and O–H groups in total. The molecule has 0 saturated heterocycles. The van der Waals surface area contributed by atoms with E-state index in [9.17, 15) is 30.0 Å². The first-order valence-corrected chi connectivity index (χ1v) is 11.2. The van der Waals surface area contributed by atoms with Crippen LogP contribution in [0, 0.1) is 0 Å². The van der Waals surface area contributed by atoms with Crippen molar-refractivity contribution in [1.82, 2.24) is 15.5 Å². The van der Waals surface area contributed by atoms with Crippen LogP contribution in [-0.2, 0) is 6.54 Å². The van der Waals surface area contributed by atoms with Gasteiger partial charge in [0.15, 0.2) is 11.5 Å². The van der Waals surface area contributed by atoms with Crippen LogP contribution in [0.25, 0.3) is 0 Å². The highest BCUT2D eigenvalue weighted by molar-refractivity contribution is 6.02. The number of nitrogens with one attached hydrogen (secondary N) is 2. The number of phenolic OH excluding ortho intramolecular Hbond substituents is 1. The van der Waals surface area contributed by atoms with E-state index in [0.717, 1.165) is 5.56 Å². The van der Waals surface area contributed by atoms with Gasteiger partial charge in [-0.25, -0.2) is 0 Å². The highest BCUT2D eigenvalue weighted by atomic mass is 16.7. The average molecular weight is 485 g/mol. The minimum atomic E-state index is -1.64. The highest BCUT2D eigenvalue weighted by Crippen LogP contribution is 2.50. The third-order valence-electron chi connectivity index (χ3n) is 6.81. The Hall–Kier alpha value is -3.38. The molecule has 0 aromatic heterocycles. The molecule has 5 rings (SSSR count). The van der Waals surface area contributed by atoms with Crippen molar-refractivity contribution < 1.29 is 39.5 Å². The quantitative estimate of drug-likeness (QED) is 0.328. The molecule has 0 spiro atoms. The molecule has 1 fully saturated rings. The lowest BCUT2D eigenvalue weighted by atomic mass is 9.68. The van der Waals surface area contributed by atoms with Crippen LogP contribution >= 0.6 is 0 Å². The van der Waals surface area contributed by atoms with Gasteiger partial charge in [0, 0.05) is 18.0 Å². The van der Waals surface area contributed by atoms with Crippen LogP contribution in [0.1, 0.15) is 37.8 Å². The molecule has 3 aliphatic rings. The molecule has 6 atom stereocenters. The zero-order valence-corrected chi connectivity index (χ0v) is 19.1. The van der Waals surface area contributed by atoms with Crippen LogP contribution in [0.4, 0.5) is 0 Å². The molecule has 2 aliphatic heterocycles. The van der Waals surface area contributed by atoms with Gasteiger partial charge in [-0.15, -0.1) is 0 Å². The van der Waals surface area contributed by atoms with Crippen LogP contribution in [0.5, 0.6) is 17.2 Å². The van der Waals surface area contributed by atoms with Crippen LogP contribution in [-0.4, -0.2) is 88.4 Å². The summed E-state index contributed by atoms with van der Waals surface area (Å²) in [5, 5.41) is 48.4. The molecule has 186 valence electrons. The topological polar surface area (TPSA) is 161 Å². The van der Waals surface area contributed by atoms with Gasteiger partial charge < -0.3 is 45.4 Å². The van der Waals surface area contributed by atoms with Gasteiger partial charge in [0.2, 0.25) is 12.5 Å². The number of hydrogen-bond donors (Lipinski definition) is 6. The summed E-state index contributed by atoms with van der Waals surface area (Å²) in [6.45, 7) is 0.356. The second-order valence-corrected chi connectivity index (χ2v) is 9.31. The number of nitrogens with zero attached hydrogens (tertiary/aromatic N) is 1. The maximum atomic E-state index is 13.4. The molecule has 0 unspecified atom stereocenters. The van der Waals surface area contributed by atoms with Crippen molar-refractivity contribution in [1.29, 1.82) is 0 Å².